The van der Waals surface area contributed by atoms with Crippen LogP contribution in [0, 0.1) is 5.92 Å². The van der Waals surface area contributed by atoms with Gasteiger partial charge in [0.1, 0.15) is 0 Å². The molecule has 0 radical (unpaired) electrons. The third-order valence-corrected chi connectivity index (χ3v) is 3.78. The molecular weight excluding hydrogens is 246 g/mol. The minimum atomic E-state index is -0.119. The number of hydrogen-bond acceptors (Lipinski definition) is 3. The zero-order valence-electron chi connectivity index (χ0n) is 12.3. The molecule has 0 fully saturated rings. The molecule has 2 atom stereocenters. The first-order valence-electron chi connectivity index (χ1n) is 6.71. The number of carbonyl (C=O) groups excluding carboxylic acids is 1. The van der Waals surface area contributed by atoms with Gasteiger partial charge in [-0.3, -0.25) is 9.69 Å². The number of thiocarbonyl (C=S) groups is 1. The Morgan fingerprint density at radius 1 is 1.17 bits per heavy atom. The average molecular weight is 273 g/mol. The number of rotatable bonds is 8. The van der Waals surface area contributed by atoms with Gasteiger partial charge in [-0.1, -0.05) is 26.1 Å². The molecule has 0 aliphatic rings. The minimum Gasteiger partial charge on any atom is -0.393 e. The monoisotopic (exact) mass is 273 g/mol. The standard InChI is InChI=1S/C13H27N3OS/c1-6-15(7-2)13(17)11(5)16(8-3)9-10(4)12(14)18/h10-11H,6-9H2,1-5H3,(H2,14,18). The predicted molar refractivity (Wildman–Crippen MR) is 80.6 cm³/mol. The highest BCUT2D eigenvalue weighted by Crippen LogP contribution is 2.08. The van der Waals surface area contributed by atoms with Gasteiger partial charge in [-0.25, -0.2) is 0 Å². The van der Waals surface area contributed by atoms with Crippen LogP contribution < -0.4 is 5.73 Å². The molecule has 106 valence electrons. The van der Waals surface area contributed by atoms with E-state index in [1.54, 1.807) is 0 Å². The van der Waals surface area contributed by atoms with E-state index in [-0.39, 0.29) is 17.9 Å². The quantitative estimate of drug-likeness (QED) is 0.681. The summed E-state index contributed by atoms with van der Waals surface area (Å²) in [6, 6.07) is -0.119. The molecule has 2 N–H and O–H groups in total. The van der Waals surface area contributed by atoms with Gasteiger partial charge >= 0.3 is 0 Å². The summed E-state index contributed by atoms with van der Waals surface area (Å²) in [5.41, 5.74) is 5.64. The fourth-order valence-electron chi connectivity index (χ4n) is 1.96. The van der Waals surface area contributed by atoms with Crippen molar-refractivity contribution in [1.82, 2.24) is 9.80 Å². The Morgan fingerprint density at radius 2 is 1.67 bits per heavy atom. The van der Waals surface area contributed by atoms with E-state index in [1.165, 1.54) is 0 Å². The molecule has 1 amide bonds. The summed E-state index contributed by atoms with van der Waals surface area (Å²) in [6.45, 7) is 13.1. The zero-order valence-corrected chi connectivity index (χ0v) is 13.1. The number of amides is 1. The molecule has 0 saturated carbocycles. The lowest BCUT2D eigenvalue weighted by molar-refractivity contribution is -0.136. The van der Waals surface area contributed by atoms with E-state index in [0.717, 1.165) is 26.2 Å². The van der Waals surface area contributed by atoms with Gasteiger partial charge in [0.05, 0.1) is 11.0 Å². The molecule has 0 aliphatic carbocycles. The van der Waals surface area contributed by atoms with Gasteiger partial charge in [0.15, 0.2) is 0 Å². The summed E-state index contributed by atoms with van der Waals surface area (Å²) >= 11 is 4.99. The van der Waals surface area contributed by atoms with Crippen molar-refractivity contribution >= 4 is 23.1 Å². The van der Waals surface area contributed by atoms with Gasteiger partial charge in [-0.2, -0.15) is 0 Å². The zero-order chi connectivity index (χ0) is 14.3. The number of likely N-dealkylation sites (N-methyl/N-ethyl adjacent to an activating group) is 2. The number of nitrogens with zero attached hydrogens (tertiary/aromatic N) is 2. The van der Waals surface area contributed by atoms with Crippen LogP contribution in [0.2, 0.25) is 0 Å². The second-order valence-corrected chi connectivity index (χ2v) is 5.05. The van der Waals surface area contributed by atoms with Gasteiger partial charge in [-0.05, 0) is 27.3 Å². The molecule has 0 rings (SSSR count). The smallest absolute Gasteiger partial charge is 0.239 e. The highest BCUT2D eigenvalue weighted by atomic mass is 32.1. The van der Waals surface area contributed by atoms with Crippen molar-refractivity contribution in [2.24, 2.45) is 11.7 Å². The maximum Gasteiger partial charge on any atom is 0.239 e. The van der Waals surface area contributed by atoms with E-state index in [0.29, 0.717) is 4.99 Å². The Morgan fingerprint density at radius 3 is 2.00 bits per heavy atom. The van der Waals surface area contributed by atoms with Crippen LogP contribution in [0.25, 0.3) is 0 Å². The molecule has 2 unspecified atom stereocenters. The summed E-state index contributed by atoms with van der Waals surface area (Å²) in [5, 5.41) is 0. The van der Waals surface area contributed by atoms with Crippen molar-refractivity contribution in [3.63, 3.8) is 0 Å². The van der Waals surface area contributed by atoms with Gasteiger partial charge in [-0.15, -0.1) is 0 Å². The van der Waals surface area contributed by atoms with Crippen molar-refractivity contribution < 1.29 is 4.79 Å². The Hall–Kier alpha value is -0.680. The molecule has 0 aromatic carbocycles. The molecule has 0 aromatic rings. The highest BCUT2D eigenvalue weighted by molar-refractivity contribution is 7.80. The normalized spacial score (nSPS) is 14.3. The summed E-state index contributed by atoms with van der Waals surface area (Å²) in [7, 11) is 0. The molecule has 18 heavy (non-hydrogen) atoms. The lowest BCUT2D eigenvalue weighted by Crippen LogP contribution is -2.49. The van der Waals surface area contributed by atoms with Gasteiger partial charge in [0.2, 0.25) is 5.91 Å². The Bertz CT molecular complexity index is 279. The number of hydrogen-bond donors (Lipinski definition) is 1. The third kappa shape index (κ3) is 4.90. The van der Waals surface area contributed by atoms with E-state index in [4.69, 9.17) is 18.0 Å². The van der Waals surface area contributed by atoms with E-state index in [9.17, 15) is 4.79 Å². The molecular formula is C13H27N3OS. The molecule has 5 heteroatoms. The maximum absolute atomic E-state index is 12.3. The molecule has 0 saturated heterocycles. The van der Waals surface area contributed by atoms with Crippen LogP contribution >= 0.6 is 12.2 Å². The minimum absolute atomic E-state index is 0.119. The van der Waals surface area contributed by atoms with Gasteiger partial charge < -0.3 is 10.6 Å². The Kier molecular flexibility index (Phi) is 8.11. The number of nitrogens with two attached hydrogens (primary N) is 1. The fraction of sp³-hybridized carbons (Fsp3) is 0.846. The van der Waals surface area contributed by atoms with E-state index < -0.39 is 0 Å². The molecule has 0 aliphatic heterocycles. The highest BCUT2D eigenvalue weighted by Gasteiger charge is 2.25. The van der Waals surface area contributed by atoms with Crippen LogP contribution in [0.3, 0.4) is 0 Å². The largest absolute Gasteiger partial charge is 0.393 e. The first-order chi connectivity index (χ1) is 8.38. The maximum atomic E-state index is 12.3. The van der Waals surface area contributed by atoms with Gasteiger partial charge in [0, 0.05) is 25.6 Å². The lowest BCUT2D eigenvalue weighted by Gasteiger charge is -2.32. The molecule has 0 aromatic heterocycles. The summed E-state index contributed by atoms with van der Waals surface area (Å²) in [6.07, 6.45) is 0. The van der Waals surface area contributed by atoms with Crippen molar-refractivity contribution in [1.29, 1.82) is 0 Å². The second kappa shape index (κ2) is 8.43. The molecule has 4 nitrogen and oxygen atoms in total. The number of carbonyl (C=O) groups is 1. The summed E-state index contributed by atoms with van der Waals surface area (Å²) < 4.78 is 0. The van der Waals surface area contributed by atoms with E-state index in [2.05, 4.69) is 11.8 Å². The van der Waals surface area contributed by atoms with Crippen LogP contribution in [0.5, 0.6) is 0 Å². The summed E-state index contributed by atoms with van der Waals surface area (Å²) in [4.78, 5) is 16.8. The van der Waals surface area contributed by atoms with Crippen LogP contribution in [0.1, 0.15) is 34.6 Å². The van der Waals surface area contributed by atoms with Crippen LogP contribution in [0.15, 0.2) is 0 Å². The Balaban J connectivity index is 4.64. The van der Waals surface area contributed by atoms with Crippen molar-refractivity contribution in [2.45, 2.75) is 40.7 Å². The topological polar surface area (TPSA) is 49.6 Å². The summed E-state index contributed by atoms with van der Waals surface area (Å²) in [5.74, 6) is 0.309. The van der Waals surface area contributed by atoms with Crippen LogP contribution in [-0.2, 0) is 4.79 Å². The first kappa shape index (κ1) is 17.3. The predicted octanol–water partition coefficient (Wildman–Crippen LogP) is 1.49. The molecule has 0 spiro atoms. The SMILES string of the molecule is CCN(CC)C(=O)C(C)N(CC)CC(C)C(N)=S. The van der Waals surface area contributed by atoms with Gasteiger partial charge in [0.25, 0.3) is 0 Å². The fourth-order valence-corrected chi connectivity index (χ4v) is 2.03. The molecule has 0 heterocycles. The van der Waals surface area contributed by atoms with Crippen molar-refractivity contribution in [3.8, 4) is 0 Å². The van der Waals surface area contributed by atoms with Crippen LogP contribution in [0.4, 0.5) is 0 Å². The van der Waals surface area contributed by atoms with E-state index in [1.807, 2.05) is 32.6 Å². The van der Waals surface area contributed by atoms with Crippen molar-refractivity contribution in [3.05, 3.63) is 0 Å². The average Bonchev–Trinajstić information content (AvgIpc) is 2.35. The first-order valence-corrected chi connectivity index (χ1v) is 7.11. The molecule has 0 bridgehead atoms. The van der Waals surface area contributed by atoms with E-state index >= 15 is 0 Å². The second-order valence-electron chi connectivity index (χ2n) is 4.58. The van der Waals surface area contributed by atoms with Crippen LogP contribution in [-0.4, -0.2) is 52.9 Å². The van der Waals surface area contributed by atoms with Crippen molar-refractivity contribution in [2.75, 3.05) is 26.2 Å². The third-order valence-electron chi connectivity index (χ3n) is 3.38. The Labute approximate surface area is 116 Å². The lowest BCUT2D eigenvalue weighted by atomic mass is 10.1.